The van der Waals surface area contributed by atoms with Crippen molar-refractivity contribution < 1.29 is 14.3 Å². The zero-order valence-electron chi connectivity index (χ0n) is 16.7. The summed E-state index contributed by atoms with van der Waals surface area (Å²) >= 11 is 5.84. The molecule has 0 aliphatic rings. The summed E-state index contributed by atoms with van der Waals surface area (Å²) in [5, 5.41) is 3.36. The van der Waals surface area contributed by atoms with Gasteiger partial charge in [0, 0.05) is 28.6 Å². The number of hydrogen-bond donors (Lipinski definition) is 1. The van der Waals surface area contributed by atoms with E-state index in [4.69, 9.17) is 16.3 Å². The Morgan fingerprint density at radius 3 is 2.31 bits per heavy atom. The van der Waals surface area contributed by atoms with E-state index in [1.807, 2.05) is 61.7 Å². The largest absolute Gasteiger partial charge is 0.452 e. The molecule has 29 heavy (non-hydrogen) atoms. The van der Waals surface area contributed by atoms with E-state index in [-0.39, 0.29) is 12.5 Å². The van der Waals surface area contributed by atoms with Crippen molar-refractivity contribution in [2.45, 2.75) is 27.3 Å². The molecule has 150 valence electrons. The molecule has 3 rings (SSSR count). The first-order valence-corrected chi connectivity index (χ1v) is 9.67. The van der Waals surface area contributed by atoms with Crippen LogP contribution in [0.5, 0.6) is 0 Å². The number of halogens is 1. The van der Waals surface area contributed by atoms with E-state index >= 15 is 0 Å². The first-order valence-electron chi connectivity index (χ1n) is 9.29. The maximum atomic E-state index is 12.5. The predicted octanol–water partition coefficient (Wildman–Crippen LogP) is 4.53. The van der Waals surface area contributed by atoms with Gasteiger partial charge < -0.3 is 14.6 Å². The summed E-state index contributed by atoms with van der Waals surface area (Å²) in [6.45, 7) is 5.84. The summed E-state index contributed by atoms with van der Waals surface area (Å²) in [5.74, 6) is -0.876. The Hall–Kier alpha value is -3.05. The summed E-state index contributed by atoms with van der Waals surface area (Å²) in [6.07, 6.45) is 0. The number of nitrogens with zero attached hydrogens (tertiary/aromatic N) is 1. The van der Waals surface area contributed by atoms with Crippen LogP contribution in [0.3, 0.4) is 0 Å². The maximum Gasteiger partial charge on any atom is 0.340 e. The second-order valence-corrected chi connectivity index (χ2v) is 7.37. The van der Waals surface area contributed by atoms with Crippen LogP contribution in [0.25, 0.3) is 5.69 Å². The molecule has 1 N–H and O–H groups in total. The van der Waals surface area contributed by atoms with Crippen molar-refractivity contribution >= 4 is 23.5 Å². The van der Waals surface area contributed by atoms with Gasteiger partial charge in [0.25, 0.3) is 5.91 Å². The van der Waals surface area contributed by atoms with E-state index in [9.17, 15) is 9.59 Å². The molecule has 0 aliphatic heterocycles. The zero-order valence-corrected chi connectivity index (χ0v) is 17.4. The molecule has 1 aromatic heterocycles. The van der Waals surface area contributed by atoms with E-state index < -0.39 is 5.97 Å². The fourth-order valence-corrected chi connectivity index (χ4v) is 3.25. The fraction of sp³-hybridized carbons (Fsp3) is 0.217. The van der Waals surface area contributed by atoms with Gasteiger partial charge in [-0.1, -0.05) is 41.4 Å². The van der Waals surface area contributed by atoms with Gasteiger partial charge in [-0.25, -0.2) is 4.79 Å². The highest BCUT2D eigenvalue weighted by Crippen LogP contribution is 2.22. The van der Waals surface area contributed by atoms with Crippen molar-refractivity contribution in [3.63, 3.8) is 0 Å². The van der Waals surface area contributed by atoms with Crippen LogP contribution < -0.4 is 5.32 Å². The third-order valence-corrected chi connectivity index (χ3v) is 4.93. The van der Waals surface area contributed by atoms with Crippen molar-refractivity contribution in [1.29, 1.82) is 0 Å². The van der Waals surface area contributed by atoms with Crippen LogP contribution in [-0.2, 0) is 16.1 Å². The third-order valence-electron chi connectivity index (χ3n) is 4.68. The number of carbonyl (C=O) groups excluding carboxylic acids is 2. The van der Waals surface area contributed by atoms with Crippen LogP contribution in [0.4, 0.5) is 0 Å². The molecule has 1 amide bonds. The van der Waals surface area contributed by atoms with Crippen LogP contribution in [-0.4, -0.2) is 23.1 Å². The molecule has 3 aromatic rings. The van der Waals surface area contributed by atoms with E-state index in [0.29, 0.717) is 17.1 Å². The van der Waals surface area contributed by atoms with Gasteiger partial charge in [0.05, 0.1) is 5.56 Å². The highest BCUT2D eigenvalue weighted by Gasteiger charge is 2.18. The number of aromatic nitrogens is 1. The van der Waals surface area contributed by atoms with Gasteiger partial charge in [0.15, 0.2) is 6.61 Å². The molecule has 0 atom stereocenters. The van der Waals surface area contributed by atoms with Crippen molar-refractivity contribution in [3.8, 4) is 5.69 Å². The Balaban J connectivity index is 1.60. The highest BCUT2D eigenvalue weighted by molar-refractivity contribution is 6.30. The lowest BCUT2D eigenvalue weighted by molar-refractivity contribution is -0.124. The van der Waals surface area contributed by atoms with Gasteiger partial charge in [-0.05, 0) is 56.7 Å². The van der Waals surface area contributed by atoms with Crippen LogP contribution in [0.15, 0.2) is 54.6 Å². The Bertz CT molecular complexity index is 1020. The van der Waals surface area contributed by atoms with Crippen molar-refractivity contribution in [2.75, 3.05) is 6.61 Å². The van der Waals surface area contributed by atoms with E-state index in [0.717, 1.165) is 22.6 Å². The smallest absolute Gasteiger partial charge is 0.340 e. The monoisotopic (exact) mass is 410 g/mol. The molecule has 0 spiro atoms. The molecule has 0 bridgehead atoms. The van der Waals surface area contributed by atoms with Crippen molar-refractivity contribution in [3.05, 3.63) is 87.7 Å². The number of rotatable bonds is 6. The Labute approximate surface area is 175 Å². The third kappa shape index (κ3) is 5.06. The normalized spacial score (nSPS) is 10.6. The number of ether oxygens (including phenoxy) is 1. The SMILES string of the molecule is Cc1ccc(-n2c(C)cc(C(=O)OCC(=O)NCc3ccc(Cl)cc3)c2C)cc1. The first-order chi connectivity index (χ1) is 13.8. The number of benzene rings is 2. The van der Waals surface area contributed by atoms with Crippen LogP contribution >= 0.6 is 11.6 Å². The number of aryl methyl sites for hydroxylation is 2. The maximum absolute atomic E-state index is 12.5. The average Bonchev–Trinajstić information content (AvgIpc) is 3.00. The van der Waals surface area contributed by atoms with Gasteiger partial charge >= 0.3 is 5.97 Å². The van der Waals surface area contributed by atoms with E-state index in [1.54, 1.807) is 18.2 Å². The van der Waals surface area contributed by atoms with Gasteiger partial charge in [0.1, 0.15) is 0 Å². The number of amides is 1. The molecule has 0 saturated carbocycles. The second kappa shape index (κ2) is 8.97. The minimum absolute atomic E-state index is 0.333. The van der Waals surface area contributed by atoms with Gasteiger partial charge in [-0.15, -0.1) is 0 Å². The molecule has 0 aliphatic carbocycles. The van der Waals surface area contributed by atoms with Crippen molar-refractivity contribution in [2.24, 2.45) is 0 Å². The molecular weight excluding hydrogens is 388 g/mol. The van der Waals surface area contributed by atoms with Gasteiger partial charge in [-0.3, -0.25) is 4.79 Å². The Kier molecular flexibility index (Phi) is 6.39. The summed E-state index contributed by atoms with van der Waals surface area (Å²) in [5.41, 5.74) is 5.21. The molecule has 1 heterocycles. The van der Waals surface area contributed by atoms with Gasteiger partial charge in [-0.2, -0.15) is 0 Å². The Morgan fingerprint density at radius 2 is 1.66 bits per heavy atom. The number of hydrogen-bond acceptors (Lipinski definition) is 3. The number of nitrogens with one attached hydrogen (secondary N) is 1. The van der Waals surface area contributed by atoms with E-state index in [2.05, 4.69) is 5.32 Å². The highest BCUT2D eigenvalue weighted by atomic mass is 35.5. The lowest BCUT2D eigenvalue weighted by Gasteiger charge is -2.10. The lowest BCUT2D eigenvalue weighted by Crippen LogP contribution is -2.28. The predicted molar refractivity (Wildman–Crippen MR) is 114 cm³/mol. The molecule has 0 radical (unpaired) electrons. The van der Waals surface area contributed by atoms with Crippen LogP contribution in [0.1, 0.15) is 32.9 Å². The minimum atomic E-state index is -0.516. The average molecular weight is 411 g/mol. The Morgan fingerprint density at radius 1 is 1.00 bits per heavy atom. The molecule has 2 aromatic carbocycles. The summed E-state index contributed by atoms with van der Waals surface area (Å²) < 4.78 is 7.21. The lowest BCUT2D eigenvalue weighted by atomic mass is 10.2. The van der Waals surface area contributed by atoms with Crippen LogP contribution in [0.2, 0.25) is 5.02 Å². The standard InChI is InChI=1S/C23H23ClN2O3/c1-15-4-10-20(11-5-15)26-16(2)12-21(17(26)3)23(28)29-14-22(27)25-13-18-6-8-19(24)9-7-18/h4-12H,13-14H2,1-3H3,(H,25,27). The summed E-state index contributed by atoms with van der Waals surface area (Å²) in [4.78, 5) is 24.5. The van der Waals surface area contributed by atoms with E-state index in [1.165, 1.54) is 5.56 Å². The molecular formula is C23H23ClN2O3. The second-order valence-electron chi connectivity index (χ2n) is 6.94. The number of carbonyl (C=O) groups is 2. The van der Waals surface area contributed by atoms with Gasteiger partial charge in [0.2, 0.25) is 0 Å². The van der Waals surface area contributed by atoms with Crippen molar-refractivity contribution in [1.82, 2.24) is 9.88 Å². The topological polar surface area (TPSA) is 60.3 Å². The zero-order chi connectivity index (χ0) is 21.0. The molecule has 0 fully saturated rings. The summed E-state index contributed by atoms with van der Waals surface area (Å²) in [7, 11) is 0. The van der Waals surface area contributed by atoms with Crippen LogP contribution in [0, 0.1) is 20.8 Å². The molecule has 6 heteroatoms. The molecule has 0 unspecified atom stereocenters. The quantitative estimate of drug-likeness (QED) is 0.607. The first kappa shape index (κ1) is 20.7. The fourth-order valence-electron chi connectivity index (χ4n) is 3.12. The summed E-state index contributed by atoms with van der Waals surface area (Å²) in [6, 6.07) is 17.0. The number of esters is 1. The minimum Gasteiger partial charge on any atom is -0.452 e. The molecule has 0 saturated heterocycles. The molecule has 5 nitrogen and oxygen atoms in total.